The van der Waals surface area contributed by atoms with Crippen LogP contribution in [0.5, 0.6) is 0 Å². The average molecular weight is 186 g/mol. The fourth-order valence-corrected chi connectivity index (χ4v) is 1.76. The molecule has 0 aliphatic carbocycles. The minimum Gasteiger partial charge on any atom is -0.466 e. The van der Waals surface area contributed by atoms with Crippen LogP contribution in [0, 0.1) is 5.41 Å². The predicted molar refractivity (Wildman–Crippen MR) is 54.6 cm³/mol. The second-order valence-electron chi connectivity index (χ2n) is 3.46. The molecule has 2 nitrogen and oxygen atoms in total. The maximum atomic E-state index is 11.7. The summed E-state index contributed by atoms with van der Waals surface area (Å²) in [6, 6.07) is 0. The lowest BCUT2D eigenvalue weighted by atomic mass is 9.78. The largest absolute Gasteiger partial charge is 0.466 e. The monoisotopic (exact) mass is 186 g/mol. The number of carbonyl (C=O) groups excluding carboxylic acids is 1. The molecule has 0 fully saturated rings. The lowest BCUT2D eigenvalue weighted by Crippen LogP contribution is -2.31. The van der Waals surface area contributed by atoms with Gasteiger partial charge in [-0.15, -0.1) is 0 Å². The van der Waals surface area contributed by atoms with Gasteiger partial charge in [0.15, 0.2) is 0 Å². The molecule has 0 rings (SSSR count). The first-order chi connectivity index (χ1) is 6.16. The van der Waals surface area contributed by atoms with E-state index in [-0.39, 0.29) is 11.4 Å². The molecule has 0 unspecified atom stereocenters. The van der Waals surface area contributed by atoms with E-state index in [0.717, 1.165) is 25.7 Å². The van der Waals surface area contributed by atoms with E-state index < -0.39 is 0 Å². The van der Waals surface area contributed by atoms with Crippen LogP contribution in [0.25, 0.3) is 0 Å². The van der Waals surface area contributed by atoms with Gasteiger partial charge in [-0.3, -0.25) is 4.79 Å². The third-order valence-electron chi connectivity index (χ3n) is 2.79. The molecule has 0 radical (unpaired) electrons. The second kappa shape index (κ2) is 6.01. The Morgan fingerprint density at radius 2 is 1.69 bits per heavy atom. The molecule has 0 atom stereocenters. The van der Waals surface area contributed by atoms with Gasteiger partial charge >= 0.3 is 5.97 Å². The van der Waals surface area contributed by atoms with Crippen LogP contribution < -0.4 is 0 Å². The third-order valence-corrected chi connectivity index (χ3v) is 2.79. The molecule has 0 heterocycles. The van der Waals surface area contributed by atoms with Crippen LogP contribution in [-0.4, -0.2) is 12.6 Å². The van der Waals surface area contributed by atoms with Gasteiger partial charge in [0.25, 0.3) is 0 Å². The van der Waals surface area contributed by atoms with Crippen molar-refractivity contribution in [3.8, 4) is 0 Å². The SMILES string of the molecule is CCCC(CC)(CC)C(=O)OCC. The first-order valence-electron chi connectivity index (χ1n) is 5.34. The molecule has 0 aromatic rings. The van der Waals surface area contributed by atoms with Crippen LogP contribution in [0.4, 0.5) is 0 Å². The summed E-state index contributed by atoms with van der Waals surface area (Å²) in [5.74, 6) is -0.0122. The number of ether oxygens (including phenoxy) is 1. The van der Waals surface area contributed by atoms with Gasteiger partial charge in [-0.1, -0.05) is 27.2 Å². The lowest BCUT2D eigenvalue weighted by molar-refractivity contribution is -0.156. The minimum atomic E-state index is -0.218. The van der Waals surface area contributed by atoms with E-state index in [1.54, 1.807) is 0 Å². The topological polar surface area (TPSA) is 26.3 Å². The van der Waals surface area contributed by atoms with Gasteiger partial charge in [-0.2, -0.15) is 0 Å². The number of hydrogen-bond donors (Lipinski definition) is 0. The van der Waals surface area contributed by atoms with Gasteiger partial charge in [0.05, 0.1) is 12.0 Å². The summed E-state index contributed by atoms with van der Waals surface area (Å²) in [5, 5.41) is 0. The second-order valence-corrected chi connectivity index (χ2v) is 3.46. The molecule has 0 aliphatic heterocycles. The zero-order valence-corrected chi connectivity index (χ0v) is 9.35. The standard InChI is InChI=1S/C11H22O2/c1-5-9-11(6-2,7-3)10(12)13-8-4/h5-9H2,1-4H3. The zero-order chi connectivity index (χ0) is 10.3. The summed E-state index contributed by atoms with van der Waals surface area (Å²) < 4.78 is 5.10. The van der Waals surface area contributed by atoms with Crippen molar-refractivity contribution in [1.82, 2.24) is 0 Å². The summed E-state index contributed by atoms with van der Waals surface area (Å²) in [7, 11) is 0. The maximum Gasteiger partial charge on any atom is 0.312 e. The molecule has 78 valence electrons. The van der Waals surface area contributed by atoms with Gasteiger partial charge in [0.1, 0.15) is 0 Å². The molecule has 0 amide bonds. The fourth-order valence-electron chi connectivity index (χ4n) is 1.76. The normalized spacial score (nSPS) is 11.4. The Balaban J connectivity index is 4.43. The van der Waals surface area contributed by atoms with Crippen LogP contribution in [-0.2, 0) is 9.53 Å². The zero-order valence-electron chi connectivity index (χ0n) is 9.35. The van der Waals surface area contributed by atoms with Crippen molar-refractivity contribution in [2.45, 2.75) is 53.4 Å². The van der Waals surface area contributed by atoms with Crippen molar-refractivity contribution in [3.63, 3.8) is 0 Å². The van der Waals surface area contributed by atoms with Crippen molar-refractivity contribution in [1.29, 1.82) is 0 Å². The first-order valence-corrected chi connectivity index (χ1v) is 5.34. The Kier molecular flexibility index (Phi) is 5.76. The number of hydrogen-bond acceptors (Lipinski definition) is 2. The van der Waals surface area contributed by atoms with E-state index in [0.29, 0.717) is 6.61 Å². The Morgan fingerprint density at radius 1 is 1.15 bits per heavy atom. The molecule has 0 aliphatic rings. The van der Waals surface area contributed by atoms with Gasteiger partial charge in [-0.05, 0) is 26.2 Å². The highest BCUT2D eigenvalue weighted by atomic mass is 16.5. The Hall–Kier alpha value is -0.530. The van der Waals surface area contributed by atoms with Gasteiger partial charge < -0.3 is 4.74 Å². The Bertz CT molecular complexity index is 148. The lowest BCUT2D eigenvalue weighted by Gasteiger charge is -2.28. The molecule has 0 aromatic heterocycles. The summed E-state index contributed by atoms with van der Waals surface area (Å²) >= 11 is 0. The van der Waals surface area contributed by atoms with Crippen LogP contribution in [0.1, 0.15) is 53.4 Å². The van der Waals surface area contributed by atoms with Crippen molar-refractivity contribution >= 4 is 5.97 Å². The van der Waals surface area contributed by atoms with Crippen molar-refractivity contribution in [2.75, 3.05) is 6.61 Å². The van der Waals surface area contributed by atoms with Gasteiger partial charge in [0.2, 0.25) is 0 Å². The Morgan fingerprint density at radius 3 is 2.00 bits per heavy atom. The molecule has 13 heavy (non-hydrogen) atoms. The Labute approximate surface area is 81.7 Å². The third kappa shape index (κ3) is 3.02. The summed E-state index contributed by atoms with van der Waals surface area (Å²) in [6.45, 7) is 8.59. The van der Waals surface area contributed by atoms with E-state index in [1.807, 2.05) is 6.92 Å². The summed E-state index contributed by atoms with van der Waals surface area (Å²) in [5.41, 5.74) is -0.218. The maximum absolute atomic E-state index is 11.7. The molecule has 0 aromatic carbocycles. The van der Waals surface area contributed by atoms with Crippen LogP contribution in [0.2, 0.25) is 0 Å². The van der Waals surface area contributed by atoms with Gasteiger partial charge in [-0.25, -0.2) is 0 Å². The number of rotatable bonds is 6. The quantitative estimate of drug-likeness (QED) is 0.596. The van der Waals surface area contributed by atoms with Crippen molar-refractivity contribution in [2.24, 2.45) is 5.41 Å². The van der Waals surface area contributed by atoms with Crippen LogP contribution in [0.3, 0.4) is 0 Å². The molecule has 0 bridgehead atoms. The molecule has 0 saturated carbocycles. The molecule has 0 spiro atoms. The molecular weight excluding hydrogens is 164 g/mol. The molecule has 0 N–H and O–H groups in total. The van der Waals surface area contributed by atoms with Crippen molar-refractivity contribution < 1.29 is 9.53 Å². The van der Waals surface area contributed by atoms with E-state index >= 15 is 0 Å². The van der Waals surface area contributed by atoms with E-state index in [9.17, 15) is 4.79 Å². The highest BCUT2D eigenvalue weighted by Gasteiger charge is 2.34. The highest BCUT2D eigenvalue weighted by Crippen LogP contribution is 2.33. The number of carbonyl (C=O) groups is 1. The van der Waals surface area contributed by atoms with Gasteiger partial charge in [0, 0.05) is 0 Å². The van der Waals surface area contributed by atoms with E-state index in [1.165, 1.54) is 0 Å². The molecule has 2 heteroatoms. The van der Waals surface area contributed by atoms with Crippen LogP contribution >= 0.6 is 0 Å². The first kappa shape index (κ1) is 12.5. The highest BCUT2D eigenvalue weighted by molar-refractivity contribution is 5.76. The average Bonchev–Trinajstić information content (AvgIpc) is 2.14. The molecular formula is C11H22O2. The minimum absolute atomic E-state index is 0.0122. The summed E-state index contributed by atoms with van der Waals surface area (Å²) in [4.78, 5) is 11.7. The van der Waals surface area contributed by atoms with Crippen molar-refractivity contribution in [3.05, 3.63) is 0 Å². The van der Waals surface area contributed by atoms with E-state index in [4.69, 9.17) is 4.74 Å². The predicted octanol–water partition coefficient (Wildman–Crippen LogP) is 3.16. The van der Waals surface area contributed by atoms with E-state index in [2.05, 4.69) is 20.8 Å². The van der Waals surface area contributed by atoms with Crippen LogP contribution in [0.15, 0.2) is 0 Å². The fraction of sp³-hybridized carbons (Fsp3) is 0.909. The molecule has 0 saturated heterocycles. The smallest absolute Gasteiger partial charge is 0.312 e. The summed E-state index contributed by atoms with van der Waals surface area (Å²) in [6.07, 6.45) is 3.76. The number of esters is 1.